The molecular weight excluding hydrogens is 352 g/mol. The van der Waals surface area contributed by atoms with E-state index in [1.165, 1.54) is 0 Å². The fourth-order valence-electron chi connectivity index (χ4n) is 2.61. The zero-order chi connectivity index (χ0) is 19.8. The predicted octanol–water partition coefficient (Wildman–Crippen LogP) is 4.76. The average Bonchev–Trinajstić information content (AvgIpc) is 2.74. The van der Waals surface area contributed by atoms with Crippen molar-refractivity contribution in [3.8, 4) is 11.5 Å². The average molecular weight is 376 g/mol. The van der Waals surface area contributed by atoms with E-state index < -0.39 is 0 Å². The maximum Gasteiger partial charge on any atom is 0.274 e. The van der Waals surface area contributed by atoms with Crippen molar-refractivity contribution in [2.45, 2.75) is 19.8 Å². The Morgan fingerprint density at radius 1 is 1.07 bits per heavy atom. The molecule has 3 rings (SSSR count). The lowest BCUT2D eigenvalue weighted by atomic mass is 10.2. The quantitative estimate of drug-likeness (QED) is 0.614. The van der Waals surface area contributed by atoms with Crippen LogP contribution in [0, 0.1) is 0 Å². The number of carbonyl (C=O) groups excluding carboxylic acids is 1. The van der Waals surface area contributed by atoms with Gasteiger partial charge in [-0.15, -0.1) is 0 Å². The van der Waals surface area contributed by atoms with Crippen LogP contribution in [-0.2, 0) is 0 Å². The first-order chi connectivity index (χ1) is 13.7. The van der Waals surface area contributed by atoms with Crippen LogP contribution in [0.1, 0.15) is 30.3 Å². The Balaban J connectivity index is 1.75. The van der Waals surface area contributed by atoms with Crippen LogP contribution in [0.4, 0.5) is 11.6 Å². The number of anilines is 2. The molecule has 1 aromatic heterocycles. The van der Waals surface area contributed by atoms with Crippen LogP contribution in [0.15, 0.2) is 66.9 Å². The van der Waals surface area contributed by atoms with Crippen molar-refractivity contribution >= 4 is 17.5 Å². The summed E-state index contributed by atoms with van der Waals surface area (Å²) < 4.78 is 5.90. The first-order valence-electron chi connectivity index (χ1n) is 9.35. The van der Waals surface area contributed by atoms with Gasteiger partial charge in [0, 0.05) is 19.8 Å². The van der Waals surface area contributed by atoms with Crippen LogP contribution in [0.3, 0.4) is 0 Å². The minimum Gasteiger partial charge on any atom is -0.455 e. The van der Waals surface area contributed by atoms with Crippen LogP contribution < -0.4 is 15.0 Å². The Morgan fingerprint density at radius 3 is 2.61 bits per heavy atom. The van der Waals surface area contributed by atoms with Crippen LogP contribution in [0.5, 0.6) is 11.5 Å². The molecule has 2 aromatic carbocycles. The highest BCUT2D eigenvalue weighted by Crippen LogP contribution is 2.29. The van der Waals surface area contributed by atoms with Gasteiger partial charge in [-0.05, 0) is 36.8 Å². The summed E-state index contributed by atoms with van der Waals surface area (Å²) in [6.45, 7) is 2.98. The second kappa shape index (κ2) is 9.50. The molecule has 0 aliphatic rings. The third-order valence-corrected chi connectivity index (χ3v) is 4.17. The van der Waals surface area contributed by atoms with Gasteiger partial charge in [-0.3, -0.25) is 4.79 Å². The van der Waals surface area contributed by atoms with E-state index in [1.807, 2.05) is 60.5 Å². The van der Waals surface area contributed by atoms with Crippen LogP contribution in [0.25, 0.3) is 0 Å². The van der Waals surface area contributed by atoms with Crippen molar-refractivity contribution in [3.05, 3.63) is 72.6 Å². The topological polar surface area (TPSA) is 67.4 Å². The molecule has 6 heteroatoms. The highest BCUT2D eigenvalue weighted by atomic mass is 16.5. The Morgan fingerprint density at radius 2 is 1.82 bits per heavy atom. The van der Waals surface area contributed by atoms with E-state index in [0.29, 0.717) is 28.8 Å². The Hall–Kier alpha value is -3.41. The summed E-state index contributed by atoms with van der Waals surface area (Å²) in [5.41, 5.74) is 0.888. The SMILES string of the molecule is CCCCN(C)c1nccc(C(=O)Nc2ccccc2Oc2ccccc2)n1. The lowest BCUT2D eigenvalue weighted by Crippen LogP contribution is -2.23. The molecular formula is C22H24N4O2. The molecule has 0 saturated heterocycles. The number of carbonyl (C=O) groups is 1. The molecule has 0 fully saturated rings. The van der Waals surface area contributed by atoms with E-state index in [9.17, 15) is 4.79 Å². The smallest absolute Gasteiger partial charge is 0.274 e. The molecule has 0 radical (unpaired) electrons. The lowest BCUT2D eigenvalue weighted by molar-refractivity contribution is 0.102. The highest BCUT2D eigenvalue weighted by molar-refractivity contribution is 6.03. The number of nitrogens with one attached hydrogen (secondary N) is 1. The van der Waals surface area contributed by atoms with E-state index >= 15 is 0 Å². The number of nitrogens with zero attached hydrogens (tertiary/aromatic N) is 3. The second-order valence-electron chi connectivity index (χ2n) is 6.38. The van der Waals surface area contributed by atoms with E-state index in [4.69, 9.17) is 4.74 Å². The highest BCUT2D eigenvalue weighted by Gasteiger charge is 2.14. The summed E-state index contributed by atoms with van der Waals surface area (Å²) >= 11 is 0. The molecule has 1 heterocycles. The van der Waals surface area contributed by atoms with Crippen molar-refractivity contribution in [2.75, 3.05) is 23.8 Å². The van der Waals surface area contributed by atoms with E-state index in [1.54, 1.807) is 18.3 Å². The maximum absolute atomic E-state index is 12.7. The molecule has 0 aliphatic carbocycles. The van der Waals surface area contributed by atoms with Crippen LogP contribution in [-0.4, -0.2) is 29.5 Å². The van der Waals surface area contributed by atoms with Crippen LogP contribution in [0.2, 0.25) is 0 Å². The summed E-state index contributed by atoms with van der Waals surface area (Å²) in [5.74, 6) is 1.49. The molecule has 0 saturated carbocycles. The molecule has 1 amide bonds. The van der Waals surface area contributed by atoms with Gasteiger partial charge in [0.15, 0.2) is 5.75 Å². The minimum atomic E-state index is -0.309. The van der Waals surface area contributed by atoms with Gasteiger partial charge < -0.3 is 15.0 Å². The normalized spacial score (nSPS) is 10.4. The van der Waals surface area contributed by atoms with Gasteiger partial charge in [0.1, 0.15) is 11.4 Å². The first-order valence-corrected chi connectivity index (χ1v) is 9.35. The molecule has 0 atom stereocenters. The predicted molar refractivity (Wildman–Crippen MR) is 111 cm³/mol. The minimum absolute atomic E-state index is 0.308. The molecule has 0 spiro atoms. The van der Waals surface area contributed by atoms with Gasteiger partial charge in [-0.2, -0.15) is 0 Å². The van der Waals surface area contributed by atoms with E-state index in [2.05, 4.69) is 22.2 Å². The lowest BCUT2D eigenvalue weighted by Gasteiger charge is -2.17. The van der Waals surface area contributed by atoms with Gasteiger partial charge in [0.2, 0.25) is 5.95 Å². The molecule has 144 valence electrons. The van der Waals surface area contributed by atoms with Crippen molar-refractivity contribution in [3.63, 3.8) is 0 Å². The number of hydrogen-bond donors (Lipinski definition) is 1. The molecule has 28 heavy (non-hydrogen) atoms. The number of hydrogen-bond acceptors (Lipinski definition) is 5. The summed E-state index contributed by atoms with van der Waals surface area (Å²) in [4.78, 5) is 23.3. The number of benzene rings is 2. The Labute approximate surface area is 165 Å². The molecule has 3 aromatic rings. The monoisotopic (exact) mass is 376 g/mol. The standard InChI is InChI=1S/C22H24N4O2/c1-3-4-16-26(2)22-23-15-14-19(25-22)21(27)24-18-12-8-9-13-20(18)28-17-10-6-5-7-11-17/h5-15H,3-4,16H2,1-2H3,(H,24,27). The zero-order valence-corrected chi connectivity index (χ0v) is 16.1. The molecule has 0 aliphatic heterocycles. The fraction of sp³-hybridized carbons (Fsp3) is 0.227. The third-order valence-electron chi connectivity index (χ3n) is 4.17. The number of para-hydroxylation sites is 3. The van der Waals surface area contributed by atoms with Gasteiger partial charge in [0.25, 0.3) is 5.91 Å². The van der Waals surface area contributed by atoms with Crippen LogP contribution >= 0.6 is 0 Å². The largest absolute Gasteiger partial charge is 0.455 e. The summed E-state index contributed by atoms with van der Waals surface area (Å²) in [7, 11) is 1.93. The fourth-order valence-corrected chi connectivity index (χ4v) is 2.61. The van der Waals surface area contributed by atoms with Gasteiger partial charge in [-0.25, -0.2) is 9.97 Å². The maximum atomic E-state index is 12.7. The molecule has 0 bridgehead atoms. The number of unbranched alkanes of at least 4 members (excludes halogenated alkanes) is 1. The van der Waals surface area contributed by atoms with Crippen molar-refractivity contribution in [1.82, 2.24) is 9.97 Å². The van der Waals surface area contributed by atoms with Crippen molar-refractivity contribution in [1.29, 1.82) is 0 Å². The summed E-state index contributed by atoms with van der Waals surface area (Å²) in [6, 6.07) is 18.4. The van der Waals surface area contributed by atoms with E-state index in [-0.39, 0.29) is 5.91 Å². The van der Waals surface area contributed by atoms with Gasteiger partial charge >= 0.3 is 0 Å². The summed E-state index contributed by atoms with van der Waals surface area (Å²) in [6.07, 6.45) is 3.73. The summed E-state index contributed by atoms with van der Waals surface area (Å²) in [5, 5.41) is 2.88. The Bertz CT molecular complexity index is 915. The van der Waals surface area contributed by atoms with Gasteiger partial charge in [-0.1, -0.05) is 43.7 Å². The number of ether oxygens (including phenoxy) is 1. The molecule has 6 nitrogen and oxygen atoms in total. The Kier molecular flexibility index (Phi) is 6.57. The molecule has 1 N–H and O–H groups in total. The number of rotatable bonds is 8. The van der Waals surface area contributed by atoms with Gasteiger partial charge in [0.05, 0.1) is 5.69 Å². The number of aromatic nitrogens is 2. The number of amides is 1. The first kappa shape index (κ1) is 19.4. The molecule has 0 unspecified atom stereocenters. The van der Waals surface area contributed by atoms with Crippen molar-refractivity contribution < 1.29 is 9.53 Å². The van der Waals surface area contributed by atoms with Crippen molar-refractivity contribution in [2.24, 2.45) is 0 Å². The third kappa shape index (κ3) is 5.07. The van der Waals surface area contributed by atoms with E-state index in [0.717, 1.165) is 19.4 Å². The zero-order valence-electron chi connectivity index (χ0n) is 16.1. The second-order valence-corrected chi connectivity index (χ2v) is 6.38.